The van der Waals surface area contributed by atoms with Crippen molar-refractivity contribution >= 4 is 5.69 Å². The lowest BCUT2D eigenvalue weighted by Crippen LogP contribution is -2.14. The normalized spacial score (nSPS) is 21.9. The Morgan fingerprint density at radius 1 is 1.39 bits per heavy atom. The average Bonchev–Trinajstić information content (AvgIpc) is 2.86. The predicted octanol–water partition coefficient (Wildman–Crippen LogP) is 3.07. The molecule has 2 aromatic rings. The SMILES string of the molecule is Cc1ccc2c(c1)[C@H](Nc1cnn(C)c1)[C@@H](C)C2. The molecule has 0 bridgehead atoms. The molecule has 1 aliphatic rings. The molecule has 0 saturated heterocycles. The first-order chi connectivity index (χ1) is 8.63. The highest BCUT2D eigenvalue weighted by atomic mass is 15.3. The molecule has 1 N–H and O–H groups in total. The lowest BCUT2D eigenvalue weighted by Gasteiger charge is -2.19. The molecule has 0 saturated carbocycles. The van der Waals surface area contributed by atoms with Gasteiger partial charge in [-0.3, -0.25) is 4.68 Å². The van der Waals surface area contributed by atoms with E-state index in [1.165, 1.54) is 16.7 Å². The molecule has 0 amide bonds. The lowest BCUT2D eigenvalue weighted by molar-refractivity contribution is 0.542. The van der Waals surface area contributed by atoms with Crippen molar-refractivity contribution in [2.45, 2.75) is 26.3 Å². The number of nitrogens with zero attached hydrogens (tertiary/aromatic N) is 2. The molecule has 1 aliphatic carbocycles. The van der Waals surface area contributed by atoms with E-state index in [9.17, 15) is 0 Å². The van der Waals surface area contributed by atoms with Gasteiger partial charge in [-0.05, 0) is 30.4 Å². The van der Waals surface area contributed by atoms with E-state index in [4.69, 9.17) is 0 Å². The fourth-order valence-electron chi connectivity index (χ4n) is 2.86. The Hall–Kier alpha value is -1.77. The minimum atomic E-state index is 0.407. The Kier molecular flexibility index (Phi) is 2.62. The summed E-state index contributed by atoms with van der Waals surface area (Å²) in [6, 6.07) is 7.20. The van der Waals surface area contributed by atoms with E-state index in [0.29, 0.717) is 12.0 Å². The zero-order valence-corrected chi connectivity index (χ0v) is 11.1. The molecule has 0 aliphatic heterocycles. The van der Waals surface area contributed by atoms with Gasteiger partial charge >= 0.3 is 0 Å². The average molecular weight is 241 g/mol. The Labute approximate surface area is 108 Å². The Morgan fingerprint density at radius 2 is 2.22 bits per heavy atom. The number of nitrogens with one attached hydrogen (secondary N) is 1. The molecular formula is C15H19N3. The molecule has 2 atom stereocenters. The van der Waals surface area contributed by atoms with Crippen LogP contribution in [-0.2, 0) is 13.5 Å². The van der Waals surface area contributed by atoms with Gasteiger partial charge in [0.05, 0.1) is 17.9 Å². The second-order valence-corrected chi connectivity index (χ2v) is 5.41. The summed E-state index contributed by atoms with van der Waals surface area (Å²) in [6.45, 7) is 4.47. The van der Waals surface area contributed by atoms with Gasteiger partial charge < -0.3 is 5.32 Å². The Balaban J connectivity index is 1.91. The van der Waals surface area contributed by atoms with Crippen LogP contribution in [0.15, 0.2) is 30.6 Å². The summed E-state index contributed by atoms with van der Waals surface area (Å²) < 4.78 is 1.83. The summed E-state index contributed by atoms with van der Waals surface area (Å²) in [4.78, 5) is 0. The van der Waals surface area contributed by atoms with Crippen LogP contribution in [0.2, 0.25) is 0 Å². The summed E-state index contributed by atoms with van der Waals surface area (Å²) in [6.07, 6.45) is 5.08. The summed E-state index contributed by atoms with van der Waals surface area (Å²) in [7, 11) is 1.95. The van der Waals surface area contributed by atoms with Crippen molar-refractivity contribution in [2.75, 3.05) is 5.32 Å². The number of hydrogen-bond acceptors (Lipinski definition) is 2. The van der Waals surface area contributed by atoms with Crippen LogP contribution in [-0.4, -0.2) is 9.78 Å². The highest BCUT2D eigenvalue weighted by molar-refractivity contribution is 5.47. The van der Waals surface area contributed by atoms with Crippen molar-refractivity contribution in [3.63, 3.8) is 0 Å². The molecule has 94 valence electrons. The van der Waals surface area contributed by atoms with Gasteiger partial charge in [0.25, 0.3) is 0 Å². The topological polar surface area (TPSA) is 29.9 Å². The largest absolute Gasteiger partial charge is 0.375 e. The van der Waals surface area contributed by atoms with Crippen molar-refractivity contribution in [2.24, 2.45) is 13.0 Å². The molecular weight excluding hydrogens is 222 g/mol. The van der Waals surface area contributed by atoms with Gasteiger partial charge in [0.2, 0.25) is 0 Å². The van der Waals surface area contributed by atoms with Crippen molar-refractivity contribution in [1.82, 2.24) is 9.78 Å². The van der Waals surface area contributed by atoms with E-state index in [0.717, 1.165) is 12.1 Å². The fraction of sp³-hybridized carbons (Fsp3) is 0.400. The third-order valence-electron chi connectivity index (χ3n) is 3.77. The number of fused-ring (bicyclic) bond motifs is 1. The van der Waals surface area contributed by atoms with Crippen molar-refractivity contribution in [3.8, 4) is 0 Å². The quantitative estimate of drug-likeness (QED) is 0.875. The number of anilines is 1. The second-order valence-electron chi connectivity index (χ2n) is 5.41. The fourth-order valence-corrected chi connectivity index (χ4v) is 2.86. The summed E-state index contributed by atoms with van der Waals surface area (Å²) >= 11 is 0. The van der Waals surface area contributed by atoms with Crippen LogP contribution in [0, 0.1) is 12.8 Å². The van der Waals surface area contributed by atoms with Gasteiger partial charge in [-0.2, -0.15) is 5.10 Å². The van der Waals surface area contributed by atoms with E-state index in [-0.39, 0.29) is 0 Å². The minimum Gasteiger partial charge on any atom is -0.375 e. The molecule has 0 fully saturated rings. The first-order valence-corrected chi connectivity index (χ1v) is 6.48. The Bertz CT molecular complexity index is 571. The highest BCUT2D eigenvalue weighted by Crippen LogP contribution is 2.38. The van der Waals surface area contributed by atoms with Gasteiger partial charge in [-0.25, -0.2) is 0 Å². The van der Waals surface area contributed by atoms with Crippen LogP contribution >= 0.6 is 0 Å². The Morgan fingerprint density at radius 3 is 2.94 bits per heavy atom. The van der Waals surface area contributed by atoms with E-state index in [2.05, 4.69) is 42.5 Å². The monoisotopic (exact) mass is 241 g/mol. The molecule has 3 rings (SSSR count). The van der Waals surface area contributed by atoms with Crippen molar-refractivity contribution in [3.05, 3.63) is 47.3 Å². The minimum absolute atomic E-state index is 0.407. The number of hydrogen-bond donors (Lipinski definition) is 1. The number of aryl methyl sites for hydroxylation is 2. The lowest BCUT2D eigenvalue weighted by atomic mass is 10.0. The van der Waals surface area contributed by atoms with E-state index < -0.39 is 0 Å². The van der Waals surface area contributed by atoms with Gasteiger partial charge in [-0.1, -0.05) is 30.7 Å². The number of aromatic nitrogens is 2. The van der Waals surface area contributed by atoms with Crippen LogP contribution < -0.4 is 5.32 Å². The zero-order valence-electron chi connectivity index (χ0n) is 11.1. The maximum absolute atomic E-state index is 4.21. The maximum atomic E-state index is 4.21. The van der Waals surface area contributed by atoms with Crippen LogP contribution in [0.1, 0.15) is 29.7 Å². The molecule has 1 aromatic heterocycles. The van der Waals surface area contributed by atoms with Gasteiger partial charge in [0.15, 0.2) is 0 Å². The first kappa shape index (κ1) is 11.3. The van der Waals surface area contributed by atoms with E-state index >= 15 is 0 Å². The zero-order chi connectivity index (χ0) is 12.7. The van der Waals surface area contributed by atoms with Crippen LogP contribution in [0.25, 0.3) is 0 Å². The van der Waals surface area contributed by atoms with Crippen LogP contribution in [0.4, 0.5) is 5.69 Å². The van der Waals surface area contributed by atoms with Crippen molar-refractivity contribution in [1.29, 1.82) is 0 Å². The predicted molar refractivity (Wildman–Crippen MR) is 73.6 cm³/mol. The molecule has 1 heterocycles. The molecule has 3 heteroatoms. The number of benzene rings is 1. The van der Waals surface area contributed by atoms with Crippen molar-refractivity contribution < 1.29 is 0 Å². The van der Waals surface area contributed by atoms with Gasteiger partial charge in [0.1, 0.15) is 0 Å². The molecule has 0 spiro atoms. The molecule has 1 aromatic carbocycles. The smallest absolute Gasteiger partial charge is 0.0731 e. The summed E-state index contributed by atoms with van der Waals surface area (Å²) in [5.74, 6) is 0.627. The molecule has 0 radical (unpaired) electrons. The second kappa shape index (κ2) is 4.16. The standard InChI is InChI=1S/C15H19N3/c1-10-4-5-12-7-11(2)15(14(12)6-10)17-13-8-16-18(3)9-13/h4-6,8-9,11,15,17H,7H2,1-3H3/t11-,15+/m0/s1. The highest BCUT2D eigenvalue weighted by Gasteiger charge is 2.29. The number of rotatable bonds is 2. The van der Waals surface area contributed by atoms with E-state index in [1.807, 2.05) is 24.1 Å². The third-order valence-corrected chi connectivity index (χ3v) is 3.77. The first-order valence-electron chi connectivity index (χ1n) is 6.48. The van der Waals surface area contributed by atoms with Crippen LogP contribution in [0.3, 0.4) is 0 Å². The molecule has 18 heavy (non-hydrogen) atoms. The summed E-state index contributed by atoms with van der Waals surface area (Å²) in [5, 5.41) is 7.82. The summed E-state index contributed by atoms with van der Waals surface area (Å²) in [5.41, 5.74) is 5.37. The van der Waals surface area contributed by atoms with E-state index in [1.54, 1.807) is 0 Å². The molecule has 0 unspecified atom stereocenters. The third kappa shape index (κ3) is 1.90. The maximum Gasteiger partial charge on any atom is 0.0731 e. The van der Waals surface area contributed by atoms with Crippen LogP contribution in [0.5, 0.6) is 0 Å². The van der Waals surface area contributed by atoms with Gasteiger partial charge in [0, 0.05) is 13.2 Å². The molecule has 3 nitrogen and oxygen atoms in total. The van der Waals surface area contributed by atoms with Gasteiger partial charge in [-0.15, -0.1) is 0 Å².